The van der Waals surface area contributed by atoms with Gasteiger partial charge < -0.3 is 5.73 Å². The van der Waals surface area contributed by atoms with Gasteiger partial charge in [-0.1, -0.05) is 35.0 Å². The van der Waals surface area contributed by atoms with E-state index >= 15 is 0 Å². The largest absolute Gasteiger partial charge is 0.328 e. The summed E-state index contributed by atoms with van der Waals surface area (Å²) in [6.45, 7) is 6.44. The number of aryl methyl sites for hydroxylation is 1. The van der Waals surface area contributed by atoms with Gasteiger partial charge in [-0.25, -0.2) is 0 Å². The Morgan fingerprint density at radius 3 is 2.47 bits per heavy atom. The predicted molar refractivity (Wildman–Crippen MR) is 70.2 cm³/mol. The van der Waals surface area contributed by atoms with Crippen LogP contribution in [-0.4, -0.2) is 6.04 Å². The Morgan fingerprint density at radius 2 is 1.93 bits per heavy atom. The zero-order valence-corrected chi connectivity index (χ0v) is 11.3. The molecule has 2 unspecified atom stereocenters. The van der Waals surface area contributed by atoms with Gasteiger partial charge in [0.15, 0.2) is 0 Å². The molecule has 1 aromatic carbocycles. The van der Waals surface area contributed by atoms with Crippen LogP contribution < -0.4 is 5.73 Å². The second kappa shape index (κ2) is 5.66. The SMILES string of the molecule is Cc1ccc(C(C)CCC(C)N)cc1Br. The first-order chi connectivity index (χ1) is 7.00. The fraction of sp³-hybridized carbons (Fsp3) is 0.538. The van der Waals surface area contributed by atoms with Crippen LogP contribution in [0.15, 0.2) is 22.7 Å². The van der Waals surface area contributed by atoms with Crippen molar-refractivity contribution in [3.05, 3.63) is 33.8 Å². The van der Waals surface area contributed by atoms with Crippen LogP contribution in [0.2, 0.25) is 0 Å². The molecule has 0 amide bonds. The highest BCUT2D eigenvalue weighted by atomic mass is 79.9. The summed E-state index contributed by atoms with van der Waals surface area (Å²) in [5.41, 5.74) is 8.45. The van der Waals surface area contributed by atoms with Gasteiger partial charge in [-0.05, 0) is 49.8 Å². The lowest BCUT2D eigenvalue weighted by Gasteiger charge is -2.14. The second-order valence-electron chi connectivity index (χ2n) is 4.46. The Labute approximate surface area is 101 Å². The predicted octanol–water partition coefficient (Wildman–Crippen LogP) is 3.99. The molecule has 2 atom stereocenters. The molecule has 15 heavy (non-hydrogen) atoms. The van der Waals surface area contributed by atoms with E-state index in [1.807, 2.05) is 0 Å². The van der Waals surface area contributed by atoms with E-state index in [1.165, 1.54) is 15.6 Å². The standard InChI is InChI=1S/C13H20BrN/c1-9(4-6-11(3)15)12-7-5-10(2)13(14)8-12/h5,7-9,11H,4,6,15H2,1-3H3. The van der Waals surface area contributed by atoms with Crippen LogP contribution >= 0.6 is 15.9 Å². The number of halogens is 1. The molecular formula is C13H20BrN. The van der Waals surface area contributed by atoms with Crippen LogP contribution in [-0.2, 0) is 0 Å². The maximum atomic E-state index is 5.76. The van der Waals surface area contributed by atoms with Crippen molar-refractivity contribution < 1.29 is 0 Å². The van der Waals surface area contributed by atoms with E-state index in [4.69, 9.17) is 5.73 Å². The smallest absolute Gasteiger partial charge is 0.0207 e. The molecule has 2 N–H and O–H groups in total. The Morgan fingerprint density at radius 1 is 1.27 bits per heavy atom. The van der Waals surface area contributed by atoms with Gasteiger partial charge in [-0.3, -0.25) is 0 Å². The molecule has 1 rings (SSSR count). The van der Waals surface area contributed by atoms with E-state index in [9.17, 15) is 0 Å². The van der Waals surface area contributed by atoms with Crippen LogP contribution in [0.1, 0.15) is 43.7 Å². The lowest BCUT2D eigenvalue weighted by atomic mass is 9.94. The number of benzene rings is 1. The van der Waals surface area contributed by atoms with Crippen LogP contribution in [0, 0.1) is 6.92 Å². The summed E-state index contributed by atoms with van der Waals surface area (Å²) in [5, 5.41) is 0. The van der Waals surface area contributed by atoms with Crippen molar-refractivity contribution in [3.63, 3.8) is 0 Å². The molecule has 0 aromatic heterocycles. The molecular weight excluding hydrogens is 250 g/mol. The molecule has 0 aliphatic heterocycles. The molecule has 0 radical (unpaired) electrons. The Bertz CT molecular complexity index is 320. The minimum Gasteiger partial charge on any atom is -0.328 e. The Hall–Kier alpha value is -0.340. The van der Waals surface area contributed by atoms with Crippen LogP contribution in [0.3, 0.4) is 0 Å². The normalized spacial score (nSPS) is 15.0. The fourth-order valence-electron chi connectivity index (χ4n) is 1.60. The van der Waals surface area contributed by atoms with E-state index in [0.29, 0.717) is 12.0 Å². The van der Waals surface area contributed by atoms with Gasteiger partial charge in [0.1, 0.15) is 0 Å². The first-order valence-corrected chi connectivity index (χ1v) is 6.31. The van der Waals surface area contributed by atoms with Crippen molar-refractivity contribution in [2.24, 2.45) is 5.73 Å². The summed E-state index contributed by atoms with van der Waals surface area (Å²) in [5.74, 6) is 0.591. The van der Waals surface area contributed by atoms with Gasteiger partial charge in [0.25, 0.3) is 0 Å². The zero-order chi connectivity index (χ0) is 11.4. The zero-order valence-electron chi connectivity index (χ0n) is 9.76. The van der Waals surface area contributed by atoms with Crippen molar-refractivity contribution in [2.75, 3.05) is 0 Å². The average Bonchev–Trinajstić information content (AvgIpc) is 2.18. The Kier molecular flexibility index (Phi) is 4.81. The number of rotatable bonds is 4. The van der Waals surface area contributed by atoms with Gasteiger partial charge in [0.2, 0.25) is 0 Å². The van der Waals surface area contributed by atoms with E-state index in [1.54, 1.807) is 0 Å². The number of hydrogen-bond donors (Lipinski definition) is 1. The van der Waals surface area contributed by atoms with Crippen molar-refractivity contribution in [2.45, 2.75) is 45.6 Å². The molecule has 1 aromatic rings. The maximum Gasteiger partial charge on any atom is 0.0207 e. The molecule has 0 spiro atoms. The molecule has 0 fully saturated rings. The molecule has 84 valence electrons. The van der Waals surface area contributed by atoms with Crippen LogP contribution in [0.5, 0.6) is 0 Å². The van der Waals surface area contributed by atoms with Gasteiger partial charge in [0.05, 0.1) is 0 Å². The molecule has 2 heteroatoms. The highest BCUT2D eigenvalue weighted by molar-refractivity contribution is 9.10. The van der Waals surface area contributed by atoms with Crippen molar-refractivity contribution in [1.29, 1.82) is 0 Å². The monoisotopic (exact) mass is 269 g/mol. The summed E-state index contributed by atoms with van der Waals surface area (Å²) in [7, 11) is 0. The quantitative estimate of drug-likeness (QED) is 0.879. The summed E-state index contributed by atoms with van der Waals surface area (Å²) in [4.78, 5) is 0. The maximum absolute atomic E-state index is 5.76. The van der Waals surface area contributed by atoms with Crippen LogP contribution in [0.4, 0.5) is 0 Å². The lowest BCUT2D eigenvalue weighted by molar-refractivity contribution is 0.568. The first kappa shape index (κ1) is 12.7. The highest BCUT2D eigenvalue weighted by Crippen LogP contribution is 2.26. The lowest BCUT2D eigenvalue weighted by Crippen LogP contribution is -2.15. The van der Waals surface area contributed by atoms with Gasteiger partial charge >= 0.3 is 0 Å². The van der Waals surface area contributed by atoms with Crippen molar-refractivity contribution in [1.82, 2.24) is 0 Å². The third-order valence-corrected chi connectivity index (χ3v) is 3.67. The molecule has 0 aliphatic rings. The Balaban J connectivity index is 2.65. The highest BCUT2D eigenvalue weighted by Gasteiger charge is 2.07. The van der Waals surface area contributed by atoms with Crippen LogP contribution in [0.25, 0.3) is 0 Å². The summed E-state index contributed by atoms with van der Waals surface area (Å²) < 4.78 is 1.20. The van der Waals surface area contributed by atoms with E-state index in [2.05, 4.69) is 54.9 Å². The van der Waals surface area contributed by atoms with Gasteiger partial charge in [-0.15, -0.1) is 0 Å². The molecule has 0 saturated carbocycles. The fourth-order valence-corrected chi connectivity index (χ4v) is 1.99. The van der Waals surface area contributed by atoms with E-state index < -0.39 is 0 Å². The first-order valence-electron chi connectivity index (χ1n) is 5.52. The molecule has 1 nitrogen and oxygen atoms in total. The minimum atomic E-state index is 0.307. The number of nitrogens with two attached hydrogens (primary N) is 1. The summed E-state index contributed by atoms with van der Waals surface area (Å²) in [6, 6.07) is 6.91. The molecule has 0 heterocycles. The topological polar surface area (TPSA) is 26.0 Å². The number of hydrogen-bond acceptors (Lipinski definition) is 1. The van der Waals surface area contributed by atoms with E-state index in [-0.39, 0.29) is 0 Å². The molecule has 0 saturated heterocycles. The second-order valence-corrected chi connectivity index (χ2v) is 5.32. The van der Waals surface area contributed by atoms with Crippen molar-refractivity contribution >= 4 is 15.9 Å². The third kappa shape index (κ3) is 3.96. The van der Waals surface area contributed by atoms with Gasteiger partial charge in [-0.2, -0.15) is 0 Å². The van der Waals surface area contributed by atoms with E-state index in [0.717, 1.165) is 12.8 Å². The average molecular weight is 270 g/mol. The minimum absolute atomic E-state index is 0.307. The molecule has 0 bridgehead atoms. The van der Waals surface area contributed by atoms with Gasteiger partial charge in [0, 0.05) is 10.5 Å². The van der Waals surface area contributed by atoms with Crippen molar-refractivity contribution in [3.8, 4) is 0 Å². The summed E-state index contributed by atoms with van der Waals surface area (Å²) >= 11 is 3.57. The third-order valence-electron chi connectivity index (χ3n) is 2.82. The molecule has 0 aliphatic carbocycles. The summed E-state index contributed by atoms with van der Waals surface area (Å²) in [6.07, 6.45) is 2.25.